The highest BCUT2D eigenvalue weighted by atomic mass is 32.7. The first-order chi connectivity index (χ1) is 24.9. The van der Waals surface area contributed by atoms with Crippen molar-refractivity contribution in [1.29, 1.82) is 0 Å². The van der Waals surface area contributed by atoms with E-state index in [2.05, 4.69) is 29.9 Å². The summed E-state index contributed by atoms with van der Waals surface area (Å²) < 4.78 is 85.8. The SMILES string of the molecule is CC(C)(C)C(=O)OCSP1(=O)OC[C@H]2O[C@@H](n3cnc4c(N)ncnc43)[C@@H](F)C2OP(=O)(O)OC[C@H]2O[C@@H](n3cnc4c(=O)[nH]c(N)nc43)C(O1)[C@H]2O. The number of fused-ring (bicyclic) bond motifs is 5. The third-order valence-corrected chi connectivity index (χ3v) is 12.6. The van der Waals surface area contributed by atoms with E-state index >= 15 is 4.39 Å². The van der Waals surface area contributed by atoms with Crippen LogP contribution < -0.4 is 17.0 Å². The first-order valence-corrected chi connectivity index (χ1v) is 20.3. The summed E-state index contributed by atoms with van der Waals surface area (Å²) in [6.07, 6.45) is -10.3. The number of imidazole rings is 2. The largest absolute Gasteiger partial charge is 0.472 e. The highest BCUT2D eigenvalue weighted by molar-refractivity contribution is 8.55. The number of nitrogens with two attached hydrogens (primary N) is 2. The standard InChI is InChI=1S/C26H33FN10O13P2S/c1-26(2,3)24(40)44-9-53-52(43)46-5-11-16(12(27)22(48-11)36-7-32-13-18(28)30-6-31-19(13)36)49-51(41,42)45-4-10-15(38)17(50-52)23(47-10)37-8-33-14-20(37)34-25(29)35-21(14)39/h6-8,10-12,15-17,22-23,38H,4-5,9H2,1-3H3,(H,41,42)(H2,28,30,31)(H3,29,34,35,39)/t10-,11-,12+,15+,16?,17?,22-,23-,52?/m1/s1. The van der Waals surface area contributed by atoms with Gasteiger partial charge in [0, 0.05) is 11.4 Å². The number of halogens is 1. The van der Waals surface area contributed by atoms with Crippen LogP contribution in [0, 0.1) is 5.41 Å². The molecule has 0 saturated carbocycles. The van der Waals surface area contributed by atoms with E-state index in [0.717, 1.165) is 21.8 Å². The fraction of sp³-hybridized carbons (Fsp3) is 0.577. The van der Waals surface area contributed by atoms with Gasteiger partial charge in [-0.15, -0.1) is 0 Å². The summed E-state index contributed by atoms with van der Waals surface area (Å²) in [5, 5.41) is 11.4. The fourth-order valence-corrected chi connectivity index (χ4v) is 9.41. The Hall–Kier alpha value is -3.61. The molecule has 3 saturated heterocycles. The number of aromatic amines is 1. The number of aliphatic hydroxyl groups is 1. The van der Waals surface area contributed by atoms with Crippen molar-refractivity contribution in [3.05, 3.63) is 29.3 Å². The molecule has 3 aliphatic heterocycles. The molecule has 3 aliphatic rings. The van der Waals surface area contributed by atoms with E-state index in [1.165, 1.54) is 6.33 Å². The number of H-pyrrole nitrogens is 1. The molecular formula is C26H33FN10O13P2S. The molecule has 27 heteroatoms. The number of rotatable bonds is 5. The van der Waals surface area contributed by atoms with E-state index < -0.39 is 99.9 Å². The lowest BCUT2D eigenvalue weighted by atomic mass is 9.98. The van der Waals surface area contributed by atoms with Crippen molar-refractivity contribution in [2.75, 3.05) is 30.6 Å². The Bertz CT molecular complexity index is 2200. The first-order valence-electron chi connectivity index (χ1n) is 15.6. The van der Waals surface area contributed by atoms with E-state index in [1.807, 2.05) is 0 Å². The summed E-state index contributed by atoms with van der Waals surface area (Å²) in [6.45, 7) is -1.53. The first kappa shape index (κ1) is 37.7. The Kier molecular flexibility index (Phi) is 9.89. The minimum Gasteiger partial charge on any atom is -0.454 e. The van der Waals surface area contributed by atoms with Crippen LogP contribution in [-0.2, 0) is 46.2 Å². The quantitative estimate of drug-likeness (QED) is 0.106. The molecule has 4 aromatic heterocycles. The monoisotopic (exact) mass is 806 g/mol. The lowest BCUT2D eigenvalue weighted by Gasteiger charge is -2.28. The molecule has 10 atom stereocenters. The maximum absolute atomic E-state index is 16.3. The Balaban J connectivity index is 1.24. The van der Waals surface area contributed by atoms with Gasteiger partial charge in [0.1, 0.15) is 48.3 Å². The Labute approximate surface area is 300 Å². The van der Waals surface area contributed by atoms with E-state index in [1.54, 1.807) is 20.8 Å². The summed E-state index contributed by atoms with van der Waals surface area (Å²) in [6, 6.07) is 0. The second-order valence-corrected chi connectivity index (χ2v) is 18.4. The van der Waals surface area contributed by atoms with Crippen molar-refractivity contribution in [1.82, 2.24) is 39.0 Å². The third kappa shape index (κ3) is 7.31. The van der Waals surface area contributed by atoms with E-state index in [0.29, 0.717) is 11.4 Å². The molecular weight excluding hydrogens is 773 g/mol. The molecule has 2 bridgehead atoms. The molecule has 288 valence electrons. The van der Waals surface area contributed by atoms with Crippen molar-refractivity contribution in [2.45, 2.75) is 69.9 Å². The molecule has 0 amide bonds. The van der Waals surface area contributed by atoms with Gasteiger partial charge < -0.3 is 35.7 Å². The Morgan fingerprint density at radius 2 is 1.70 bits per heavy atom. The molecule has 0 radical (unpaired) electrons. The van der Waals surface area contributed by atoms with Crippen molar-refractivity contribution >= 4 is 66.1 Å². The zero-order valence-corrected chi connectivity index (χ0v) is 30.4. The summed E-state index contributed by atoms with van der Waals surface area (Å²) in [5.41, 5.74) is 9.86. The summed E-state index contributed by atoms with van der Waals surface area (Å²) >= 11 is 0.399. The number of carbonyl (C=O) groups excluding carboxylic acids is 1. The van der Waals surface area contributed by atoms with Gasteiger partial charge in [-0.3, -0.25) is 41.8 Å². The Morgan fingerprint density at radius 1 is 1.02 bits per heavy atom. The highest BCUT2D eigenvalue weighted by Crippen LogP contribution is 2.64. The van der Waals surface area contributed by atoms with Gasteiger partial charge in [0.05, 0.1) is 31.3 Å². The zero-order chi connectivity index (χ0) is 38.0. The number of carbonyl (C=O) groups is 1. The Morgan fingerprint density at radius 3 is 2.43 bits per heavy atom. The van der Waals surface area contributed by atoms with E-state index in [-0.39, 0.29) is 34.1 Å². The van der Waals surface area contributed by atoms with Crippen molar-refractivity contribution < 1.29 is 60.6 Å². The molecule has 3 fully saturated rings. The maximum atomic E-state index is 16.3. The lowest BCUT2D eigenvalue weighted by molar-refractivity contribution is -0.150. The van der Waals surface area contributed by atoms with Crippen molar-refractivity contribution in [3.8, 4) is 0 Å². The van der Waals surface area contributed by atoms with Gasteiger partial charge in [-0.1, -0.05) is 0 Å². The molecule has 7 rings (SSSR count). The van der Waals surface area contributed by atoms with Crippen LogP contribution in [0.25, 0.3) is 22.3 Å². The third-order valence-electron chi connectivity index (χ3n) is 8.28. The van der Waals surface area contributed by atoms with Crippen LogP contribution in [0.4, 0.5) is 16.2 Å². The van der Waals surface area contributed by atoms with Crippen LogP contribution in [0.15, 0.2) is 23.8 Å². The molecule has 0 aliphatic carbocycles. The van der Waals surface area contributed by atoms with Crippen LogP contribution >= 0.6 is 26.0 Å². The summed E-state index contributed by atoms with van der Waals surface area (Å²) in [4.78, 5) is 58.3. The highest BCUT2D eigenvalue weighted by Gasteiger charge is 2.55. The van der Waals surface area contributed by atoms with Crippen molar-refractivity contribution in [3.63, 3.8) is 0 Å². The number of phosphoric acid groups is 1. The number of alkyl halides is 1. The number of ether oxygens (including phenoxy) is 3. The number of nitrogen functional groups attached to an aromatic ring is 2. The number of phosphoric ester groups is 1. The number of nitrogens with one attached hydrogen (secondary N) is 1. The number of nitrogens with zero attached hydrogens (tertiary/aromatic N) is 7. The lowest BCUT2D eigenvalue weighted by Crippen LogP contribution is -2.35. The van der Waals surface area contributed by atoms with Crippen LogP contribution in [-0.4, -0.2) is 111 Å². The molecule has 23 nitrogen and oxygen atoms in total. The summed E-state index contributed by atoms with van der Waals surface area (Å²) in [5.74, 6) is -1.54. The molecule has 0 aromatic carbocycles. The van der Waals surface area contributed by atoms with Gasteiger partial charge in [0.15, 0.2) is 41.3 Å². The van der Waals surface area contributed by atoms with Crippen molar-refractivity contribution in [2.24, 2.45) is 5.41 Å². The van der Waals surface area contributed by atoms with Gasteiger partial charge in [-0.2, -0.15) is 4.98 Å². The number of hydrogen-bond donors (Lipinski definition) is 5. The fourth-order valence-electron chi connectivity index (χ4n) is 5.68. The predicted molar refractivity (Wildman–Crippen MR) is 178 cm³/mol. The minimum absolute atomic E-state index is 0.00749. The van der Waals surface area contributed by atoms with Crippen LogP contribution in [0.5, 0.6) is 0 Å². The smallest absolute Gasteiger partial charge is 0.454 e. The topological polar surface area (TPSA) is 315 Å². The van der Waals surface area contributed by atoms with Crippen LogP contribution in [0.1, 0.15) is 33.2 Å². The van der Waals surface area contributed by atoms with Gasteiger partial charge in [-0.25, -0.2) is 33.5 Å². The average molecular weight is 807 g/mol. The number of esters is 1. The normalized spacial score (nSPS) is 34.0. The molecule has 7 heterocycles. The molecule has 0 spiro atoms. The molecule has 53 heavy (non-hydrogen) atoms. The molecule has 4 aromatic rings. The van der Waals surface area contributed by atoms with E-state index in [9.17, 15) is 28.7 Å². The zero-order valence-electron chi connectivity index (χ0n) is 27.8. The number of anilines is 2. The number of aromatic nitrogens is 8. The number of hydrogen-bond acceptors (Lipinski definition) is 20. The minimum atomic E-state index is -5.19. The average Bonchev–Trinajstić information content (AvgIpc) is 3.84. The van der Waals surface area contributed by atoms with Gasteiger partial charge >= 0.3 is 20.6 Å². The second-order valence-electron chi connectivity index (χ2n) is 13.0. The summed E-state index contributed by atoms with van der Waals surface area (Å²) in [7, 11) is -5.19. The van der Waals surface area contributed by atoms with Gasteiger partial charge in [0.25, 0.3) is 5.56 Å². The predicted octanol–water partition coefficient (Wildman–Crippen LogP) is 0.923. The molecule has 4 unspecified atom stereocenters. The maximum Gasteiger partial charge on any atom is 0.472 e. The second kappa shape index (κ2) is 13.9. The van der Waals surface area contributed by atoms with Gasteiger partial charge in [-0.05, 0) is 20.8 Å². The van der Waals surface area contributed by atoms with E-state index in [4.69, 9.17) is 43.8 Å². The van der Waals surface area contributed by atoms with Crippen LogP contribution in [0.2, 0.25) is 0 Å². The van der Waals surface area contributed by atoms with Gasteiger partial charge in [0.2, 0.25) is 5.95 Å². The molecule has 7 N–H and O–H groups in total. The number of aliphatic hydroxyl groups excluding tert-OH is 1. The van der Waals surface area contributed by atoms with Crippen LogP contribution in [0.3, 0.4) is 0 Å².